The van der Waals surface area contributed by atoms with Crippen LogP contribution in [0.1, 0.15) is 16.1 Å². The number of carboxylic acids is 1. The number of rotatable bonds is 5. The Balaban J connectivity index is 2.25. The third-order valence-corrected chi connectivity index (χ3v) is 2.52. The molecule has 0 atom stereocenters. The van der Waals surface area contributed by atoms with Crippen molar-refractivity contribution in [3.63, 3.8) is 0 Å². The molecule has 5 nitrogen and oxygen atoms in total. The van der Waals surface area contributed by atoms with Crippen LogP contribution in [0, 0.1) is 0 Å². The van der Waals surface area contributed by atoms with Crippen LogP contribution in [-0.2, 0) is 6.61 Å². The van der Waals surface area contributed by atoms with Gasteiger partial charge in [0, 0.05) is 12.3 Å². The van der Waals surface area contributed by atoms with Crippen molar-refractivity contribution >= 4 is 5.97 Å². The van der Waals surface area contributed by atoms with Crippen LogP contribution in [0.2, 0.25) is 0 Å². The van der Waals surface area contributed by atoms with Crippen LogP contribution in [-0.4, -0.2) is 23.2 Å². The first kappa shape index (κ1) is 12.9. The van der Waals surface area contributed by atoms with E-state index >= 15 is 0 Å². The summed E-state index contributed by atoms with van der Waals surface area (Å²) >= 11 is 0. The summed E-state index contributed by atoms with van der Waals surface area (Å²) in [6.45, 7) is 0.253. The highest BCUT2D eigenvalue weighted by molar-refractivity contribution is 5.89. The lowest BCUT2D eigenvalue weighted by Gasteiger charge is -2.12. The van der Waals surface area contributed by atoms with Crippen molar-refractivity contribution in [2.45, 2.75) is 6.61 Å². The largest absolute Gasteiger partial charge is 0.493 e. The van der Waals surface area contributed by atoms with Gasteiger partial charge < -0.3 is 14.6 Å². The van der Waals surface area contributed by atoms with E-state index in [-0.39, 0.29) is 18.1 Å². The molecule has 0 spiro atoms. The molecule has 0 saturated carbocycles. The quantitative estimate of drug-likeness (QED) is 0.892. The number of ether oxygens (including phenoxy) is 2. The highest BCUT2D eigenvalue weighted by atomic mass is 16.5. The highest BCUT2D eigenvalue weighted by Gasteiger charge is 2.18. The van der Waals surface area contributed by atoms with E-state index in [4.69, 9.17) is 14.6 Å². The molecule has 2 aromatic rings. The van der Waals surface area contributed by atoms with Gasteiger partial charge in [0.2, 0.25) is 0 Å². The van der Waals surface area contributed by atoms with E-state index < -0.39 is 5.97 Å². The maximum absolute atomic E-state index is 11.1. The Kier molecular flexibility index (Phi) is 3.97. The molecule has 1 heterocycles. The number of methoxy groups -OCH3 is 1. The predicted molar refractivity (Wildman–Crippen MR) is 68.5 cm³/mol. The molecular weight excluding hydrogens is 246 g/mol. The second-order valence-electron chi connectivity index (χ2n) is 3.77. The minimum Gasteiger partial charge on any atom is -0.493 e. The van der Waals surface area contributed by atoms with E-state index in [0.29, 0.717) is 5.75 Å². The van der Waals surface area contributed by atoms with Gasteiger partial charge in [-0.15, -0.1) is 0 Å². The standard InChI is InChI=1S/C14H13NO4/c1-18-11-7-8-15-12(14(16)17)13(11)19-9-10-5-3-2-4-6-10/h2-8H,9H2,1H3,(H,16,17). The minimum absolute atomic E-state index is 0.140. The molecule has 0 saturated heterocycles. The summed E-state index contributed by atoms with van der Waals surface area (Å²) < 4.78 is 10.6. The van der Waals surface area contributed by atoms with Gasteiger partial charge in [-0.25, -0.2) is 9.78 Å². The molecule has 1 N–H and O–H groups in total. The molecule has 0 amide bonds. The van der Waals surface area contributed by atoms with Crippen molar-refractivity contribution in [2.24, 2.45) is 0 Å². The summed E-state index contributed by atoms with van der Waals surface area (Å²) in [7, 11) is 1.45. The number of nitrogens with zero attached hydrogens (tertiary/aromatic N) is 1. The molecule has 0 aliphatic heterocycles. The average molecular weight is 259 g/mol. The van der Waals surface area contributed by atoms with Crippen molar-refractivity contribution in [1.29, 1.82) is 0 Å². The van der Waals surface area contributed by atoms with E-state index in [1.807, 2.05) is 30.3 Å². The zero-order valence-corrected chi connectivity index (χ0v) is 10.4. The lowest BCUT2D eigenvalue weighted by atomic mass is 10.2. The fraction of sp³-hybridized carbons (Fsp3) is 0.143. The molecule has 0 fully saturated rings. The number of aromatic nitrogens is 1. The van der Waals surface area contributed by atoms with E-state index in [9.17, 15) is 4.79 Å². The molecule has 0 aliphatic carbocycles. The summed E-state index contributed by atoms with van der Waals surface area (Å²) in [6, 6.07) is 11.0. The zero-order valence-electron chi connectivity index (χ0n) is 10.4. The molecule has 0 aliphatic rings. The Morgan fingerprint density at radius 3 is 2.63 bits per heavy atom. The first-order chi connectivity index (χ1) is 9.22. The Bertz CT molecular complexity index is 569. The minimum atomic E-state index is -1.15. The van der Waals surface area contributed by atoms with Gasteiger partial charge in [0.05, 0.1) is 7.11 Å². The van der Waals surface area contributed by atoms with Crippen molar-refractivity contribution in [3.05, 3.63) is 53.9 Å². The number of carboxylic acid groups (broad SMARTS) is 1. The number of pyridine rings is 1. The molecular formula is C14H13NO4. The molecule has 2 rings (SSSR count). The van der Waals surface area contributed by atoms with E-state index in [1.54, 1.807) is 6.07 Å². The number of hydrogen-bond donors (Lipinski definition) is 1. The first-order valence-corrected chi connectivity index (χ1v) is 5.65. The second-order valence-corrected chi connectivity index (χ2v) is 3.77. The van der Waals surface area contributed by atoms with Crippen LogP contribution in [0.5, 0.6) is 11.5 Å². The molecule has 0 unspecified atom stereocenters. The fourth-order valence-electron chi connectivity index (χ4n) is 1.61. The summed E-state index contributed by atoms with van der Waals surface area (Å²) in [5.74, 6) is -0.661. The maximum atomic E-state index is 11.1. The highest BCUT2D eigenvalue weighted by Crippen LogP contribution is 2.30. The van der Waals surface area contributed by atoms with Gasteiger partial charge in [0.1, 0.15) is 6.61 Å². The van der Waals surface area contributed by atoms with E-state index in [2.05, 4.69) is 4.98 Å². The number of aromatic carboxylic acids is 1. The van der Waals surface area contributed by atoms with Gasteiger partial charge >= 0.3 is 5.97 Å². The molecule has 5 heteroatoms. The van der Waals surface area contributed by atoms with Gasteiger partial charge in [0.15, 0.2) is 17.2 Å². The van der Waals surface area contributed by atoms with E-state index in [0.717, 1.165) is 5.56 Å². The van der Waals surface area contributed by atoms with Crippen molar-refractivity contribution in [2.75, 3.05) is 7.11 Å². The number of hydrogen-bond acceptors (Lipinski definition) is 4. The smallest absolute Gasteiger partial charge is 0.358 e. The van der Waals surface area contributed by atoms with Crippen LogP contribution in [0.15, 0.2) is 42.6 Å². The molecule has 98 valence electrons. The summed E-state index contributed by atoms with van der Waals surface area (Å²) in [5, 5.41) is 9.08. The van der Waals surface area contributed by atoms with Crippen LogP contribution in [0.3, 0.4) is 0 Å². The van der Waals surface area contributed by atoms with Crippen molar-refractivity contribution < 1.29 is 19.4 Å². The van der Waals surface area contributed by atoms with Crippen molar-refractivity contribution in [3.8, 4) is 11.5 Å². The number of benzene rings is 1. The van der Waals surface area contributed by atoms with Gasteiger partial charge in [0.25, 0.3) is 0 Å². The monoisotopic (exact) mass is 259 g/mol. The third kappa shape index (κ3) is 3.01. The summed E-state index contributed by atoms with van der Waals surface area (Å²) in [5.41, 5.74) is 0.778. The maximum Gasteiger partial charge on any atom is 0.358 e. The summed E-state index contributed by atoms with van der Waals surface area (Å²) in [6.07, 6.45) is 1.37. The van der Waals surface area contributed by atoms with Gasteiger partial charge in [-0.2, -0.15) is 0 Å². The van der Waals surface area contributed by atoms with Crippen LogP contribution in [0.25, 0.3) is 0 Å². The fourth-order valence-corrected chi connectivity index (χ4v) is 1.61. The van der Waals surface area contributed by atoms with Crippen LogP contribution in [0.4, 0.5) is 0 Å². The lowest BCUT2D eigenvalue weighted by molar-refractivity contribution is 0.0683. The molecule has 1 aromatic carbocycles. The first-order valence-electron chi connectivity index (χ1n) is 5.65. The van der Waals surface area contributed by atoms with E-state index in [1.165, 1.54) is 13.3 Å². The average Bonchev–Trinajstić information content (AvgIpc) is 2.45. The lowest BCUT2D eigenvalue weighted by Crippen LogP contribution is -2.07. The Labute approximate surface area is 110 Å². The molecule has 0 bridgehead atoms. The van der Waals surface area contributed by atoms with Gasteiger partial charge in [-0.1, -0.05) is 30.3 Å². The zero-order chi connectivity index (χ0) is 13.7. The van der Waals surface area contributed by atoms with Crippen LogP contribution < -0.4 is 9.47 Å². The normalized spacial score (nSPS) is 9.95. The van der Waals surface area contributed by atoms with Gasteiger partial charge in [-0.3, -0.25) is 0 Å². The topological polar surface area (TPSA) is 68.7 Å². The molecule has 0 radical (unpaired) electrons. The molecule has 1 aromatic heterocycles. The van der Waals surface area contributed by atoms with Crippen LogP contribution >= 0.6 is 0 Å². The third-order valence-electron chi connectivity index (χ3n) is 2.52. The second kappa shape index (κ2) is 5.86. The molecule has 19 heavy (non-hydrogen) atoms. The summed E-state index contributed by atoms with van der Waals surface area (Å²) in [4.78, 5) is 14.9. The number of carbonyl (C=O) groups is 1. The predicted octanol–water partition coefficient (Wildman–Crippen LogP) is 2.37. The Morgan fingerprint density at radius 1 is 1.26 bits per heavy atom. The Hall–Kier alpha value is -2.56. The van der Waals surface area contributed by atoms with Gasteiger partial charge in [-0.05, 0) is 5.56 Å². The Morgan fingerprint density at radius 2 is 2.00 bits per heavy atom. The SMILES string of the molecule is COc1ccnc(C(=O)O)c1OCc1ccccc1. The van der Waals surface area contributed by atoms with Crippen molar-refractivity contribution in [1.82, 2.24) is 4.98 Å².